The second-order valence-corrected chi connectivity index (χ2v) is 1.67. The van der Waals surface area contributed by atoms with Gasteiger partial charge in [-0.1, -0.05) is 0 Å². The van der Waals surface area contributed by atoms with Crippen LogP contribution in [0, 0.1) is 0 Å². The highest BCUT2D eigenvalue weighted by molar-refractivity contribution is 5.88. The third kappa shape index (κ3) is 1.68. The van der Waals surface area contributed by atoms with Gasteiger partial charge in [0.05, 0.1) is 0 Å². The molecular weight excluding hydrogens is 168 g/mol. The molecule has 1 heterocycles. The number of carbonyl (C=O) groups is 2. The van der Waals surface area contributed by atoms with Gasteiger partial charge in [-0.3, -0.25) is 9.32 Å². The first-order valence-corrected chi connectivity index (χ1v) is 2.70. The summed E-state index contributed by atoms with van der Waals surface area (Å²) in [5.41, 5.74) is 9.37. The Hall–Kier alpha value is -2.12. The van der Waals surface area contributed by atoms with Gasteiger partial charge >= 0.3 is 12.2 Å². The molecule has 0 fully saturated rings. The molecule has 0 aliphatic carbocycles. The summed E-state index contributed by atoms with van der Waals surface area (Å²) < 4.78 is 8.39. The number of primary amides is 2. The number of nitrogens with zero attached hydrogens (tertiary/aromatic N) is 2. The molecule has 2 amide bonds. The molecule has 0 spiro atoms. The highest BCUT2D eigenvalue weighted by atomic mass is 16.7. The van der Waals surface area contributed by atoms with Crippen molar-refractivity contribution in [3.8, 4) is 6.08 Å². The molecule has 0 bridgehead atoms. The number of rotatable bonds is 2. The van der Waals surface area contributed by atoms with E-state index < -0.39 is 18.1 Å². The van der Waals surface area contributed by atoms with Crippen LogP contribution in [0.5, 0.6) is 6.08 Å². The molecule has 0 unspecified atom stereocenters. The lowest BCUT2D eigenvalue weighted by Crippen LogP contribution is -2.17. The average molecular weight is 172 g/mol. The van der Waals surface area contributed by atoms with E-state index in [-0.39, 0.29) is 5.82 Å². The van der Waals surface area contributed by atoms with Gasteiger partial charge < -0.3 is 16.2 Å². The molecule has 12 heavy (non-hydrogen) atoms. The van der Waals surface area contributed by atoms with E-state index in [4.69, 9.17) is 5.73 Å². The van der Waals surface area contributed by atoms with Crippen molar-refractivity contribution in [3.63, 3.8) is 0 Å². The van der Waals surface area contributed by atoms with Gasteiger partial charge in [-0.2, -0.15) is 0 Å². The van der Waals surface area contributed by atoms with E-state index in [1.54, 1.807) is 0 Å². The van der Waals surface area contributed by atoms with Crippen LogP contribution < -0.4 is 16.2 Å². The third-order valence-electron chi connectivity index (χ3n) is 0.816. The normalized spacial score (nSPS) is 9.33. The van der Waals surface area contributed by atoms with Crippen LogP contribution in [0.2, 0.25) is 0 Å². The van der Waals surface area contributed by atoms with Gasteiger partial charge in [-0.05, 0) is 5.16 Å². The maximum Gasteiger partial charge on any atom is 0.427 e. The van der Waals surface area contributed by atoms with E-state index in [0.717, 1.165) is 0 Å². The summed E-state index contributed by atoms with van der Waals surface area (Å²) >= 11 is 0. The molecule has 64 valence electrons. The van der Waals surface area contributed by atoms with Crippen molar-refractivity contribution in [2.24, 2.45) is 11.5 Å². The molecule has 0 atom stereocenters. The monoisotopic (exact) mass is 172 g/mol. The van der Waals surface area contributed by atoms with E-state index in [1.165, 1.54) is 0 Å². The van der Waals surface area contributed by atoms with Crippen molar-refractivity contribution in [2.75, 3.05) is 0 Å². The quantitative estimate of drug-likeness (QED) is 0.564. The minimum absolute atomic E-state index is 0.383. The van der Waals surface area contributed by atoms with Crippen LogP contribution in [-0.4, -0.2) is 22.1 Å². The summed E-state index contributed by atoms with van der Waals surface area (Å²) in [7, 11) is 0. The van der Waals surface area contributed by atoms with Crippen molar-refractivity contribution < 1.29 is 18.8 Å². The number of aromatic nitrogens is 2. The van der Waals surface area contributed by atoms with E-state index >= 15 is 0 Å². The fraction of sp³-hybridized carbons (Fsp3) is 0. The Kier molecular flexibility index (Phi) is 1.90. The molecule has 0 aliphatic heterocycles. The summed E-state index contributed by atoms with van der Waals surface area (Å²) in [6.45, 7) is 0. The predicted octanol–water partition coefficient (Wildman–Crippen LogP) is -1.37. The van der Waals surface area contributed by atoms with Crippen LogP contribution >= 0.6 is 0 Å². The maximum absolute atomic E-state index is 10.4. The van der Waals surface area contributed by atoms with E-state index in [1.807, 2.05) is 0 Å². The number of ether oxygens (including phenoxy) is 1. The van der Waals surface area contributed by atoms with Crippen molar-refractivity contribution >= 4 is 12.0 Å². The summed E-state index contributed by atoms with van der Waals surface area (Å²) in [5, 5.41) is 3.08. The molecule has 1 rings (SSSR count). The molecule has 1 aromatic heterocycles. The van der Waals surface area contributed by atoms with Crippen LogP contribution in [0.15, 0.2) is 4.52 Å². The Morgan fingerprint density at radius 3 is 2.50 bits per heavy atom. The number of hydrogen-bond acceptors (Lipinski definition) is 6. The summed E-state index contributed by atoms with van der Waals surface area (Å²) in [5.74, 6) is -1.27. The third-order valence-corrected chi connectivity index (χ3v) is 0.816. The zero-order valence-corrected chi connectivity index (χ0v) is 5.68. The molecule has 1 aromatic rings. The van der Waals surface area contributed by atoms with Crippen molar-refractivity contribution in [2.45, 2.75) is 0 Å². The number of nitrogens with two attached hydrogens (primary N) is 2. The molecule has 0 aliphatic rings. The highest BCUT2D eigenvalue weighted by Crippen LogP contribution is 2.04. The largest absolute Gasteiger partial charge is 0.427 e. The lowest BCUT2D eigenvalue weighted by molar-refractivity contribution is 0.0987. The zero-order valence-electron chi connectivity index (χ0n) is 5.68. The Labute approximate surface area is 65.5 Å². The van der Waals surface area contributed by atoms with E-state index in [2.05, 4.69) is 25.1 Å². The Morgan fingerprint density at radius 2 is 2.08 bits per heavy atom. The van der Waals surface area contributed by atoms with Crippen LogP contribution in [-0.2, 0) is 0 Å². The Bertz CT molecular complexity index is 319. The molecule has 8 heteroatoms. The Balaban J connectivity index is 2.77. The lowest BCUT2D eigenvalue weighted by atomic mass is 10.6. The van der Waals surface area contributed by atoms with Gasteiger partial charge in [0.1, 0.15) is 0 Å². The van der Waals surface area contributed by atoms with Gasteiger partial charge in [0.2, 0.25) is 0 Å². The van der Waals surface area contributed by atoms with Gasteiger partial charge in [-0.15, -0.1) is 4.98 Å². The van der Waals surface area contributed by atoms with Gasteiger partial charge in [0.15, 0.2) is 0 Å². The second-order valence-electron chi connectivity index (χ2n) is 1.67. The molecule has 0 saturated carbocycles. The minimum Gasteiger partial charge on any atom is -0.363 e. The SMILES string of the molecule is NC(=O)Oc1nc(C(N)=O)no1. The smallest absolute Gasteiger partial charge is 0.363 e. The number of amides is 2. The molecule has 0 aromatic carbocycles. The first-order valence-electron chi connectivity index (χ1n) is 2.70. The van der Waals surface area contributed by atoms with Crippen LogP contribution in [0.3, 0.4) is 0 Å². The molecule has 0 radical (unpaired) electrons. The van der Waals surface area contributed by atoms with Gasteiger partial charge in [0.25, 0.3) is 11.7 Å². The summed E-state index contributed by atoms with van der Waals surface area (Å²) in [4.78, 5) is 23.7. The summed E-state index contributed by atoms with van der Waals surface area (Å²) in [6, 6.07) is 0. The van der Waals surface area contributed by atoms with E-state index in [9.17, 15) is 9.59 Å². The van der Waals surface area contributed by atoms with Gasteiger partial charge in [-0.25, -0.2) is 4.79 Å². The highest BCUT2D eigenvalue weighted by Gasteiger charge is 2.13. The molecule has 4 N–H and O–H groups in total. The first kappa shape index (κ1) is 7.98. The lowest BCUT2D eigenvalue weighted by Gasteiger charge is -1.87. The predicted molar refractivity (Wildman–Crippen MR) is 33.0 cm³/mol. The van der Waals surface area contributed by atoms with Gasteiger partial charge in [0, 0.05) is 0 Å². The van der Waals surface area contributed by atoms with Crippen LogP contribution in [0.4, 0.5) is 4.79 Å². The molecular formula is C4H4N4O4. The minimum atomic E-state index is -1.12. The molecule has 0 saturated heterocycles. The van der Waals surface area contributed by atoms with Crippen molar-refractivity contribution in [1.82, 2.24) is 10.1 Å². The second kappa shape index (κ2) is 2.86. The fourth-order valence-electron chi connectivity index (χ4n) is 0.437. The van der Waals surface area contributed by atoms with Crippen LogP contribution in [0.25, 0.3) is 0 Å². The standard InChI is InChI=1S/C4H4N4O4/c5-1(9)2-7-4(12-8-2)11-3(6)10/h(H2,5,9)(H2,6,10). The topological polar surface area (TPSA) is 134 Å². The summed E-state index contributed by atoms with van der Waals surface area (Å²) in [6.07, 6.45) is -1.63. The van der Waals surface area contributed by atoms with Crippen molar-refractivity contribution in [3.05, 3.63) is 5.82 Å². The molecule has 8 nitrogen and oxygen atoms in total. The fourth-order valence-corrected chi connectivity index (χ4v) is 0.437. The first-order chi connectivity index (χ1) is 5.59. The average Bonchev–Trinajstić information content (AvgIpc) is 2.34. The number of hydrogen-bond donors (Lipinski definition) is 2. The Morgan fingerprint density at radius 1 is 1.42 bits per heavy atom. The zero-order chi connectivity index (χ0) is 9.14. The van der Waals surface area contributed by atoms with E-state index in [0.29, 0.717) is 0 Å². The maximum atomic E-state index is 10.4. The number of carbonyl (C=O) groups excluding carboxylic acids is 2. The van der Waals surface area contributed by atoms with Crippen LogP contribution in [0.1, 0.15) is 10.6 Å². The van der Waals surface area contributed by atoms with Crippen molar-refractivity contribution in [1.29, 1.82) is 0 Å².